The zero-order valence-electron chi connectivity index (χ0n) is 11.9. The third-order valence-electron chi connectivity index (χ3n) is 4.29. The first-order valence-electron chi connectivity index (χ1n) is 7.35. The van der Waals surface area contributed by atoms with Gasteiger partial charge in [-0.05, 0) is 65.7 Å². The molecule has 4 nitrogen and oxygen atoms in total. The van der Waals surface area contributed by atoms with Crippen molar-refractivity contribution in [2.75, 3.05) is 13.3 Å². The SMILES string of the molecule is Oc1ccc(I)c2c1C(Cc1cccc3c1OCO3)NCC2. The van der Waals surface area contributed by atoms with Crippen molar-refractivity contribution in [2.45, 2.75) is 18.9 Å². The molecule has 0 spiro atoms. The molecule has 2 heterocycles. The number of para-hydroxylation sites is 1. The fraction of sp³-hybridized carbons (Fsp3) is 0.294. The lowest BCUT2D eigenvalue weighted by atomic mass is 9.89. The Labute approximate surface area is 142 Å². The molecule has 2 N–H and O–H groups in total. The number of rotatable bonds is 2. The smallest absolute Gasteiger partial charge is 0.231 e. The monoisotopic (exact) mass is 409 g/mol. The summed E-state index contributed by atoms with van der Waals surface area (Å²) < 4.78 is 12.3. The highest BCUT2D eigenvalue weighted by atomic mass is 127. The second kappa shape index (κ2) is 5.62. The van der Waals surface area contributed by atoms with E-state index in [2.05, 4.69) is 34.0 Å². The molecular formula is C17H16INO3. The van der Waals surface area contributed by atoms with E-state index in [0.717, 1.165) is 42.0 Å². The third kappa shape index (κ3) is 2.32. The van der Waals surface area contributed by atoms with Crippen LogP contribution >= 0.6 is 22.6 Å². The molecule has 0 aliphatic carbocycles. The zero-order valence-corrected chi connectivity index (χ0v) is 14.1. The van der Waals surface area contributed by atoms with Crippen LogP contribution in [-0.4, -0.2) is 18.4 Å². The summed E-state index contributed by atoms with van der Waals surface area (Å²) in [6.07, 6.45) is 1.72. The van der Waals surface area contributed by atoms with Crippen LogP contribution in [-0.2, 0) is 12.8 Å². The molecule has 0 radical (unpaired) electrons. The van der Waals surface area contributed by atoms with Crippen molar-refractivity contribution in [1.82, 2.24) is 5.32 Å². The molecule has 22 heavy (non-hydrogen) atoms. The largest absolute Gasteiger partial charge is 0.508 e. The second-order valence-electron chi connectivity index (χ2n) is 5.57. The zero-order chi connectivity index (χ0) is 15.1. The van der Waals surface area contributed by atoms with Crippen molar-refractivity contribution >= 4 is 22.6 Å². The van der Waals surface area contributed by atoms with Crippen LogP contribution in [0.4, 0.5) is 0 Å². The van der Waals surface area contributed by atoms with Gasteiger partial charge in [0, 0.05) is 20.7 Å². The summed E-state index contributed by atoms with van der Waals surface area (Å²) in [5.74, 6) is 2.01. The molecule has 0 saturated carbocycles. The first-order chi connectivity index (χ1) is 10.7. The molecule has 1 unspecified atom stereocenters. The summed E-state index contributed by atoms with van der Waals surface area (Å²) in [5.41, 5.74) is 3.39. The molecule has 4 rings (SSSR count). The Morgan fingerprint density at radius 3 is 3.05 bits per heavy atom. The van der Waals surface area contributed by atoms with E-state index in [0.29, 0.717) is 5.75 Å². The summed E-state index contributed by atoms with van der Waals surface area (Å²) in [6.45, 7) is 1.20. The normalized spacial score (nSPS) is 19.0. The summed E-state index contributed by atoms with van der Waals surface area (Å²) in [4.78, 5) is 0. The van der Waals surface area contributed by atoms with Crippen LogP contribution in [0.5, 0.6) is 17.2 Å². The van der Waals surface area contributed by atoms with Gasteiger partial charge in [0.15, 0.2) is 11.5 Å². The van der Waals surface area contributed by atoms with Crippen molar-refractivity contribution in [3.8, 4) is 17.2 Å². The summed E-state index contributed by atoms with van der Waals surface area (Å²) in [5, 5.41) is 13.8. The summed E-state index contributed by atoms with van der Waals surface area (Å²) >= 11 is 2.35. The molecule has 0 aromatic heterocycles. The molecule has 1 atom stereocenters. The van der Waals surface area contributed by atoms with Crippen LogP contribution in [0, 0.1) is 3.57 Å². The van der Waals surface area contributed by atoms with Crippen LogP contribution in [0.1, 0.15) is 22.7 Å². The number of benzene rings is 2. The minimum atomic E-state index is 0.0918. The van der Waals surface area contributed by atoms with E-state index in [9.17, 15) is 5.11 Å². The van der Waals surface area contributed by atoms with Gasteiger partial charge in [-0.3, -0.25) is 0 Å². The number of aromatic hydroxyl groups is 1. The molecule has 5 heteroatoms. The number of hydrogen-bond donors (Lipinski definition) is 2. The highest BCUT2D eigenvalue weighted by Crippen LogP contribution is 2.40. The average Bonchev–Trinajstić information content (AvgIpc) is 3.01. The van der Waals surface area contributed by atoms with E-state index in [1.807, 2.05) is 18.2 Å². The minimum absolute atomic E-state index is 0.0918. The number of phenols is 1. The van der Waals surface area contributed by atoms with Crippen LogP contribution in [0.15, 0.2) is 30.3 Å². The van der Waals surface area contributed by atoms with E-state index < -0.39 is 0 Å². The van der Waals surface area contributed by atoms with Crippen LogP contribution in [0.2, 0.25) is 0 Å². The Hall–Kier alpha value is -1.47. The van der Waals surface area contributed by atoms with Gasteiger partial charge in [0.1, 0.15) is 5.75 Å². The second-order valence-corrected chi connectivity index (χ2v) is 6.73. The van der Waals surface area contributed by atoms with E-state index >= 15 is 0 Å². The Morgan fingerprint density at radius 2 is 2.14 bits per heavy atom. The van der Waals surface area contributed by atoms with Crippen molar-refractivity contribution < 1.29 is 14.6 Å². The standard InChI is InChI=1S/C17H16INO3/c18-12-4-5-14(20)16-11(12)6-7-19-13(16)8-10-2-1-3-15-17(10)22-9-21-15/h1-5,13,19-20H,6-9H2. The molecule has 0 saturated heterocycles. The van der Waals surface area contributed by atoms with Crippen molar-refractivity contribution in [3.63, 3.8) is 0 Å². The first kappa shape index (κ1) is 14.1. The summed E-state index contributed by atoms with van der Waals surface area (Å²) in [6, 6.07) is 9.84. The van der Waals surface area contributed by atoms with Gasteiger partial charge in [0.25, 0.3) is 0 Å². The fourth-order valence-corrected chi connectivity index (χ4v) is 4.03. The highest BCUT2D eigenvalue weighted by Gasteiger charge is 2.27. The van der Waals surface area contributed by atoms with Crippen LogP contribution in [0.3, 0.4) is 0 Å². The Balaban J connectivity index is 1.72. The van der Waals surface area contributed by atoms with Gasteiger partial charge in [-0.1, -0.05) is 12.1 Å². The van der Waals surface area contributed by atoms with Gasteiger partial charge >= 0.3 is 0 Å². The lowest BCUT2D eigenvalue weighted by Crippen LogP contribution is -2.32. The van der Waals surface area contributed by atoms with E-state index in [1.54, 1.807) is 6.07 Å². The Bertz CT molecular complexity index is 732. The third-order valence-corrected chi connectivity index (χ3v) is 5.30. The molecule has 2 aromatic carbocycles. The number of halogens is 1. The first-order valence-corrected chi connectivity index (χ1v) is 8.43. The number of hydrogen-bond acceptors (Lipinski definition) is 4. The van der Waals surface area contributed by atoms with E-state index in [-0.39, 0.29) is 12.8 Å². The number of ether oxygens (including phenoxy) is 2. The maximum Gasteiger partial charge on any atom is 0.231 e. The topological polar surface area (TPSA) is 50.7 Å². The molecule has 114 valence electrons. The molecule has 2 aliphatic rings. The van der Waals surface area contributed by atoms with Crippen molar-refractivity contribution in [2.24, 2.45) is 0 Å². The van der Waals surface area contributed by atoms with Gasteiger partial charge in [-0.15, -0.1) is 0 Å². The summed E-state index contributed by atoms with van der Waals surface area (Å²) in [7, 11) is 0. The lowest BCUT2D eigenvalue weighted by Gasteiger charge is -2.29. The maximum absolute atomic E-state index is 10.3. The molecule has 2 aromatic rings. The fourth-order valence-electron chi connectivity index (χ4n) is 3.29. The molecular weight excluding hydrogens is 393 g/mol. The van der Waals surface area contributed by atoms with Crippen LogP contribution in [0.25, 0.3) is 0 Å². The van der Waals surface area contributed by atoms with E-state index in [4.69, 9.17) is 9.47 Å². The average molecular weight is 409 g/mol. The van der Waals surface area contributed by atoms with Crippen molar-refractivity contribution in [1.29, 1.82) is 0 Å². The predicted octanol–water partition coefficient (Wildman–Crippen LogP) is 3.16. The lowest BCUT2D eigenvalue weighted by molar-refractivity contribution is 0.173. The van der Waals surface area contributed by atoms with E-state index in [1.165, 1.54) is 9.13 Å². The number of fused-ring (bicyclic) bond motifs is 2. The minimum Gasteiger partial charge on any atom is -0.508 e. The molecule has 0 fully saturated rings. The Morgan fingerprint density at radius 1 is 1.23 bits per heavy atom. The number of phenolic OH excluding ortho intramolecular Hbond substituents is 1. The highest BCUT2D eigenvalue weighted by molar-refractivity contribution is 14.1. The predicted molar refractivity (Wildman–Crippen MR) is 91.5 cm³/mol. The molecule has 0 amide bonds. The molecule has 2 aliphatic heterocycles. The van der Waals surface area contributed by atoms with Gasteiger partial charge in [0.05, 0.1) is 0 Å². The Kier molecular flexibility index (Phi) is 3.62. The van der Waals surface area contributed by atoms with Crippen LogP contribution < -0.4 is 14.8 Å². The van der Waals surface area contributed by atoms with Crippen molar-refractivity contribution in [3.05, 3.63) is 50.6 Å². The van der Waals surface area contributed by atoms with Gasteiger partial charge in [0.2, 0.25) is 6.79 Å². The van der Waals surface area contributed by atoms with Gasteiger partial charge in [-0.25, -0.2) is 0 Å². The maximum atomic E-state index is 10.3. The quantitative estimate of drug-likeness (QED) is 0.749. The number of nitrogens with one attached hydrogen (secondary N) is 1. The van der Waals surface area contributed by atoms with Gasteiger partial charge < -0.3 is 19.9 Å². The van der Waals surface area contributed by atoms with Gasteiger partial charge in [-0.2, -0.15) is 0 Å². The molecule has 0 bridgehead atoms.